The molecule has 9 heteroatoms. The van der Waals surface area contributed by atoms with Gasteiger partial charge in [0.1, 0.15) is 11.6 Å². The second kappa shape index (κ2) is 10.2. The Kier molecular flexibility index (Phi) is 7.19. The Morgan fingerprint density at radius 1 is 1.22 bits per heavy atom. The van der Waals surface area contributed by atoms with Crippen LogP contribution in [0.4, 0.5) is 10.2 Å². The zero-order chi connectivity index (χ0) is 26.0. The average molecular weight is 493 g/mol. The highest BCUT2D eigenvalue weighted by molar-refractivity contribution is 5.83. The van der Waals surface area contributed by atoms with E-state index in [1.54, 1.807) is 24.2 Å². The van der Waals surface area contributed by atoms with E-state index >= 15 is 0 Å². The van der Waals surface area contributed by atoms with Gasteiger partial charge in [-0.05, 0) is 59.1 Å². The van der Waals surface area contributed by atoms with Crippen LogP contribution in [0.25, 0.3) is 11.3 Å². The van der Waals surface area contributed by atoms with Crippen molar-refractivity contribution in [1.29, 1.82) is 0 Å². The smallest absolute Gasteiger partial charge is 0.230 e. The van der Waals surface area contributed by atoms with Crippen molar-refractivity contribution in [2.45, 2.75) is 58.9 Å². The van der Waals surface area contributed by atoms with Gasteiger partial charge in [0, 0.05) is 42.2 Å². The van der Waals surface area contributed by atoms with Gasteiger partial charge in [0.25, 0.3) is 0 Å². The Hall–Kier alpha value is -3.62. The third-order valence-electron chi connectivity index (χ3n) is 6.85. The van der Waals surface area contributed by atoms with Crippen LogP contribution in [0.3, 0.4) is 0 Å². The molecule has 1 amide bonds. The van der Waals surface area contributed by atoms with Gasteiger partial charge in [0.15, 0.2) is 0 Å². The molecule has 0 aliphatic carbocycles. The van der Waals surface area contributed by atoms with E-state index in [1.807, 2.05) is 20.8 Å². The number of aromatic nitrogens is 4. The molecular formula is C27H33FN6O2. The molecule has 8 nitrogen and oxygen atoms in total. The molecule has 1 N–H and O–H groups in total. The van der Waals surface area contributed by atoms with Crippen LogP contribution in [-0.2, 0) is 11.2 Å². The third-order valence-corrected chi connectivity index (χ3v) is 6.85. The topological polar surface area (TPSA) is 93.1 Å². The Morgan fingerprint density at radius 2 is 2.00 bits per heavy atom. The summed E-state index contributed by atoms with van der Waals surface area (Å²) in [6, 6.07) is 3.62. The summed E-state index contributed by atoms with van der Waals surface area (Å²) in [5.41, 5.74) is 4.53. The van der Waals surface area contributed by atoms with E-state index in [-0.39, 0.29) is 22.9 Å². The van der Waals surface area contributed by atoms with Crippen LogP contribution in [-0.4, -0.2) is 56.5 Å². The maximum Gasteiger partial charge on any atom is 0.230 e. The number of halogens is 1. The largest absolute Gasteiger partial charge is 0.481 e. The van der Waals surface area contributed by atoms with Crippen LogP contribution in [0, 0.1) is 19.7 Å². The Bertz CT molecular complexity index is 1270. The second-order valence-electron chi connectivity index (χ2n) is 9.68. The SMILES string of the molecule is CCN(C[C@@]1(C)CCc2cc(-c3cnc(C)cn3)c(C)nc2N1)C(=O)[C@H](C)c1cc(OC)ncc1F. The molecule has 4 rings (SSSR count). The fourth-order valence-corrected chi connectivity index (χ4v) is 4.67. The molecule has 2 atom stereocenters. The maximum atomic E-state index is 14.5. The molecule has 4 heterocycles. The molecule has 0 spiro atoms. The van der Waals surface area contributed by atoms with Gasteiger partial charge in [-0.15, -0.1) is 0 Å². The third kappa shape index (κ3) is 5.15. The number of aryl methyl sites for hydroxylation is 3. The first kappa shape index (κ1) is 25.5. The van der Waals surface area contributed by atoms with E-state index in [2.05, 4.69) is 33.3 Å². The lowest BCUT2D eigenvalue weighted by Gasteiger charge is -2.40. The number of likely N-dealkylation sites (N-methyl/N-ethyl adjacent to an activating group) is 1. The summed E-state index contributed by atoms with van der Waals surface area (Å²) < 4.78 is 19.6. The molecule has 3 aromatic rings. The van der Waals surface area contributed by atoms with Gasteiger partial charge < -0.3 is 15.0 Å². The van der Waals surface area contributed by atoms with Crippen molar-refractivity contribution in [3.05, 3.63) is 59.1 Å². The van der Waals surface area contributed by atoms with Crippen LogP contribution in [0.2, 0.25) is 0 Å². The highest BCUT2D eigenvalue weighted by Gasteiger charge is 2.35. The number of fused-ring (bicyclic) bond motifs is 1. The summed E-state index contributed by atoms with van der Waals surface area (Å²) in [6.45, 7) is 10.6. The maximum absolute atomic E-state index is 14.5. The van der Waals surface area contributed by atoms with Crippen molar-refractivity contribution in [2.24, 2.45) is 0 Å². The van der Waals surface area contributed by atoms with Crippen molar-refractivity contribution in [2.75, 3.05) is 25.5 Å². The molecule has 0 aromatic carbocycles. The number of nitrogens with one attached hydrogen (secondary N) is 1. The van der Waals surface area contributed by atoms with Crippen molar-refractivity contribution < 1.29 is 13.9 Å². The number of rotatable bonds is 7. The number of hydrogen-bond acceptors (Lipinski definition) is 7. The molecule has 1 aliphatic rings. The van der Waals surface area contributed by atoms with Crippen molar-refractivity contribution in [3.63, 3.8) is 0 Å². The Labute approximate surface area is 211 Å². The van der Waals surface area contributed by atoms with E-state index in [1.165, 1.54) is 13.2 Å². The van der Waals surface area contributed by atoms with Crippen LogP contribution < -0.4 is 10.1 Å². The number of nitrogens with zero attached hydrogens (tertiary/aromatic N) is 5. The zero-order valence-electron chi connectivity index (χ0n) is 21.7. The fraction of sp³-hybridized carbons (Fsp3) is 0.444. The number of carbonyl (C=O) groups excluding carboxylic acids is 1. The number of carbonyl (C=O) groups is 1. The van der Waals surface area contributed by atoms with Gasteiger partial charge in [0.2, 0.25) is 11.8 Å². The summed E-state index contributed by atoms with van der Waals surface area (Å²) in [5.74, 6) is -0.219. The normalized spacial score (nSPS) is 17.6. The quantitative estimate of drug-likeness (QED) is 0.520. The van der Waals surface area contributed by atoms with Gasteiger partial charge in [-0.25, -0.2) is 14.4 Å². The number of pyridine rings is 2. The lowest BCUT2D eigenvalue weighted by Crippen LogP contribution is -2.51. The summed E-state index contributed by atoms with van der Waals surface area (Å²) in [7, 11) is 1.47. The van der Waals surface area contributed by atoms with Crippen molar-refractivity contribution in [3.8, 4) is 17.1 Å². The van der Waals surface area contributed by atoms with Crippen LogP contribution in [0.5, 0.6) is 5.88 Å². The summed E-state index contributed by atoms with van der Waals surface area (Å²) in [6.07, 6.45) is 6.27. The minimum Gasteiger partial charge on any atom is -0.481 e. The van der Waals surface area contributed by atoms with Gasteiger partial charge >= 0.3 is 0 Å². The first-order chi connectivity index (χ1) is 17.1. The van der Waals surface area contributed by atoms with Gasteiger partial charge in [-0.1, -0.05) is 0 Å². The molecule has 1 aliphatic heterocycles. The number of ether oxygens (including phenoxy) is 1. The van der Waals surface area contributed by atoms with Crippen LogP contribution >= 0.6 is 0 Å². The molecule has 0 saturated heterocycles. The summed E-state index contributed by atoms with van der Waals surface area (Å²) in [5, 5.41) is 3.58. The van der Waals surface area contributed by atoms with E-state index in [0.717, 1.165) is 53.1 Å². The molecule has 3 aromatic heterocycles. The summed E-state index contributed by atoms with van der Waals surface area (Å²) >= 11 is 0. The van der Waals surface area contributed by atoms with Crippen molar-refractivity contribution >= 4 is 11.7 Å². The Morgan fingerprint density at radius 3 is 2.67 bits per heavy atom. The summed E-state index contributed by atoms with van der Waals surface area (Å²) in [4.78, 5) is 32.8. The number of amides is 1. The molecule has 0 radical (unpaired) electrons. The number of hydrogen-bond donors (Lipinski definition) is 1. The van der Waals surface area contributed by atoms with E-state index < -0.39 is 11.7 Å². The molecular weight excluding hydrogens is 459 g/mol. The second-order valence-corrected chi connectivity index (χ2v) is 9.68. The molecule has 0 saturated carbocycles. The lowest BCUT2D eigenvalue weighted by atomic mass is 9.87. The molecule has 190 valence electrons. The average Bonchev–Trinajstić information content (AvgIpc) is 2.87. The number of anilines is 1. The van der Waals surface area contributed by atoms with E-state index in [0.29, 0.717) is 13.1 Å². The predicted molar refractivity (Wildman–Crippen MR) is 137 cm³/mol. The predicted octanol–water partition coefficient (Wildman–Crippen LogP) is 4.47. The number of methoxy groups -OCH3 is 1. The van der Waals surface area contributed by atoms with Gasteiger partial charge in [-0.3, -0.25) is 14.8 Å². The minimum atomic E-state index is -0.667. The van der Waals surface area contributed by atoms with E-state index in [4.69, 9.17) is 9.72 Å². The zero-order valence-corrected chi connectivity index (χ0v) is 21.7. The first-order valence-corrected chi connectivity index (χ1v) is 12.2. The molecule has 0 bridgehead atoms. The molecule has 0 unspecified atom stereocenters. The van der Waals surface area contributed by atoms with Crippen molar-refractivity contribution in [1.82, 2.24) is 24.8 Å². The highest BCUT2D eigenvalue weighted by atomic mass is 19.1. The van der Waals surface area contributed by atoms with Gasteiger partial charge in [0.05, 0.1) is 42.3 Å². The molecule has 0 fully saturated rings. The lowest BCUT2D eigenvalue weighted by molar-refractivity contribution is -0.133. The Balaban J connectivity index is 1.53. The highest BCUT2D eigenvalue weighted by Crippen LogP contribution is 2.34. The monoisotopic (exact) mass is 492 g/mol. The first-order valence-electron chi connectivity index (χ1n) is 12.2. The standard InChI is InChI=1S/C27H33FN6O2/c1-7-34(26(35)17(3)20-11-24(36-6)31-13-22(20)28)15-27(5)9-8-19-10-21(18(4)32-25(19)33-27)23-14-29-16(2)12-30-23/h10-14,17H,7-9,15H2,1-6H3,(H,32,33)/t17-,27-/m1/s1. The molecule has 36 heavy (non-hydrogen) atoms. The van der Waals surface area contributed by atoms with Crippen LogP contribution in [0.1, 0.15) is 55.6 Å². The van der Waals surface area contributed by atoms with E-state index in [9.17, 15) is 9.18 Å². The van der Waals surface area contributed by atoms with Crippen LogP contribution in [0.15, 0.2) is 30.7 Å². The minimum absolute atomic E-state index is 0.143. The van der Waals surface area contributed by atoms with Gasteiger partial charge in [-0.2, -0.15) is 0 Å². The fourth-order valence-electron chi connectivity index (χ4n) is 4.67.